The lowest BCUT2D eigenvalue weighted by Crippen LogP contribution is -2.14. The van der Waals surface area contributed by atoms with Gasteiger partial charge in [-0.15, -0.1) is 0 Å². The van der Waals surface area contributed by atoms with Crippen LogP contribution in [-0.4, -0.2) is 22.7 Å². The second kappa shape index (κ2) is 5.42. The van der Waals surface area contributed by atoms with Crippen LogP contribution in [0.5, 0.6) is 5.75 Å². The molecule has 0 saturated heterocycles. The van der Waals surface area contributed by atoms with Gasteiger partial charge in [-0.3, -0.25) is 9.59 Å². The van der Waals surface area contributed by atoms with Gasteiger partial charge in [-0.25, -0.2) is 8.78 Å². The van der Waals surface area contributed by atoms with Crippen molar-refractivity contribution in [2.75, 3.05) is 6.61 Å². The lowest BCUT2D eigenvalue weighted by atomic mass is 10.1. The van der Waals surface area contributed by atoms with E-state index in [2.05, 4.69) is 9.72 Å². The van der Waals surface area contributed by atoms with Crippen LogP contribution >= 0.6 is 0 Å². The number of pyridine rings is 1. The predicted molar refractivity (Wildman–Crippen MR) is 54.0 cm³/mol. The van der Waals surface area contributed by atoms with Gasteiger partial charge in [-0.1, -0.05) is 0 Å². The third-order valence-corrected chi connectivity index (χ3v) is 2.05. The Morgan fingerprint density at radius 1 is 1.59 bits per heavy atom. The molecule has 17 heavy (non-hydrogen) atoms. The smallest absolute Gasteiger partial charge is 0.310 e. The highest BCUT2D eigenvalue weighted by Gasteiger charge is 2.22. The van der Waals surface area contributed by atoms with E-state index in [1.807, 2.05) is 0 Å². The number of ether oxygens (including phenoxy) is 1. The largest absolute Gasteiger partial charge is 0.503 e. The minimum atomic E-state index is -3.04. The van der Waals surface area contributed by atoms with E-state index in [1.54, 1.807) is 6.92 Å². The van der Waals surface area contributed by atoms with Crippen molar-refractivity contribution in [3.05, 3.63) is 27.7 Å². The van der Waals surface area contributed by atoms with Gasteiger partial charge in [0.05, 0.1) is 18.6 Å². The highest BCUT2D eigenvalue weighted by molar-refractivity contribution is 5.73. The highest BCUT2D eigenvalue weighted by Crippen LogP contribution is 2.28. The molecule has 0 radical (unpaired) electrons. The average Bonchev–Trinajstić information content (AvgIpc) is 2.23. The zero-order chi connectivity index (χ0) is 13.0. The van der Waals surface area contributed by atoms with Gasteiger partial charge in [0.25, 0.3) is 12.0 Å². The lowest BCUT2D eigenvalue weighted by Gasteiger charge is -2.09. The molecule has 0 aliphatic rings. The van der Waals surface area contributed by atoms with Crippen LogP contribution in [-0.2, 0) is 16.0 Å². The zero-order valence-corrected chi connectivity index (χ0v) is 9.00. The summed E-state index contributed by atoms with van der Waals surface area (Å²) in [5.74, 6) is -1.78. The van der Waals surface area contributed by atoms with Gasteiger partial charge in [-0.2, -0.15) is 0 Å². The van der Waals surface area contributed by atoms with Gasteiger partial charge in [-0.05, 0) is 12.5 Å². The first-order valence-corrected chi connectivity index (χ1v) is 4.84. The van der Waals surface area contributed by atoms with Crippen molar-refractivity contribution >= 4 is 5.97 Å². The summed E-state index contributed by atoms with van der Waals surface area (Å²) in [7, 11) is 0. The van der Waals surface area contributed by atoms with Crippen molar-refractivity contribution in [3.63, 3.8) is 0 Å². The van der Waals surface area contributed by atoms with Gasteiger partial charge in [0.1, 0.15) is 0 Å². The molecule has 0 aromatic carbocycles. The molecule has 7 heteroatoms. The van der Waals surface area contributed by atoms with E-state index < -0.39 is 35.7 Å². The molecular weight excluding hydrogens is 236 g/mol. The van der Waals surface area contributed by atoms with Gasteiger partial charge >= 0.3 is 5.97 Å². The van der Waals surface area contributed by atoms with Crippen LogP contribution in [0.4, 0.5) is 8.78 Å². The standard InChI is InChI=1S/C10H11F2NO4/c1-2-17-6(14)3-5-4-13-10(16)8(15)7(5)9(11)12/h4,9,15H,2-3H2,1H3,(H,13,16). The molecule has 0 aliphatic carbocycles. The van der Waals surface area contributed by atoms with Crippen molar-refractivity contribution in [2.45, 2.75) is 19.8 Å². The van der Waals surface area contributed by atoms with Crippen molar-refractivity contribution in [1.29, 1.82) is 0 Å². The normalized spacial score (nSPS) is 10.6. The molecule has 94 valence electrons. The molecule has 0 fully saturated rings. The molecule has 1 aromatic rings. The first kappa shape index (κ1) is 13.1. The van der Waals surface area contributed by atoms with E-state index in [9.17, 15) is 23.5 Å². The minimum absolute atomic E-state index is 0.123. The molecule has 5 nitrogen and oxygen atoms in total. The van der Waals surface area contributed by atoms with E-state index in [1.165, 1.54) is 0 Å². The zero-order valence-electron chi connectivity index (χ0n) is 9.00. The predicted octanol–water partition coefficient (Wildman–Crippen LogP) is 1.12. The Labute approximate surface area is 95.0 Å². The topological polar surface area (TPSA) is 79.4 Å². The number of H-pyrrole nitrogens is 1. The van der Waals surface area contributed by atoms with Crippen LogP contribution in [0, 0.1) is 0 Å². The van der Waals surface area contributed by atoms with E-state index >= 15 is 0 Å². The van der Waals surface area contributed by atoms with Gasteiger partial charge < -0.3 is 14.8 Å². The number of esters is 1. The number of aromatic hydroxyl groups is 1. The SMILES string of the molecule is CCOC(=O)Cc1c[nH]c(=O)c(O)c1C(F)F. The summed E-state index contributed by atoms with van der Waals surface area (Å²) < 4.78 is 29.9. The number of hydrogen-bond acceptors (Lipinski definition) is 4. The van der Waals surface area contributed by atoms with E-state index in [0.717, 1.165) is 6.20 Å². The fourth-order valence-corrected chi connectivity index (χ4v) is 1.33. The molecule has 0 atom stereocenters. The molecule has 1 heterocycles. The highest BCUT2D eigenvalue weighted by atomic mass is 19.3. The van der Waals surface area contributed by atoms with E-state index in [0.29, 0.717) is 0 Å². The molecule has 0 spiro atoms. The Morgan fingerprint density at radius 3 is 2.76 bits per heavy atom. The summed E-state index contributed by atoms with van der Waals surface area (Å²) in [5.41, 5.74) is -2.01. The van der Waals surface area contributed by atoms with Gasteiger partial charge in [0, 0.05) is 6.20 Å². The van der Waals surface area contributed by atoms with E-state index in [4.69, 9.17) is 0 Å². The second-order valence-corrected chi connectivity index (χ2v) is 3.19. The number of aromatic nitrogens is 1. The molecule has 0 bridgehead atoms. The number of aromatic amines is 1. The monoisotopic (exact) mass is 247 g/mol. The summed E-state index contributed by atoms with van der Waals surface area (Å²) in [4.78, 5) is 24.2. The first-order valence-electron chi connectivity index (χ1n) is 4.84. The van der Waals surface area contributed by atoms with Crippen LogP contribution < -0.4 is 5.56 Å². The number of rotatable bonds is 4. The fourth-order valence-electron chi connectivity index (χ4n) is 1.33. The van der Waals surface area contributed by atoms with Gasteiger partial charge in [0.2, 0.25) is 0 Å². The molecule has 0 unspecified atom stereocenters. The summed E-state index contributed by atoms with van der Waals surface area (Å²) in [6.45, 7) is 1.70. The molecule has 0 saturated carbocycles. The maximum Gasteiger partial charge on any atom is 0.310 e. The number of carbonyl (C=O) groups excluding carboxylic acids is 1. The molecule has 2 N–H and O–H groups in total. The number of carbonyl (C=O) groups is 1. The van der Waals surface area contributed by atoms with Crippen molar-refractivity contribution in [3.8, 4) is 5.75 Å². The number of alkyl halides is 2. The number of hydrogen-bond donors (Lipinski definition) is 2. The van der Waals surface area contributed by atoms with Crippen LogP contribution in [0.3, 0.4) is 0 Å². The van der Waals surface area contributed by atoms with E-state index in [-0.39, 0.29) is 12.2 Å². The quantitative estimate of drug-likeness (QED) is 0.781. The summed E-state index contributed by atoms with van der Waals surface area (Å²) in [6.07, 6.45) is -2.50. The number of nitrogens with one attached hydrogen (secondary N) is 1. The molecule has 0 aliphatic heterocycles. The van der Waals surface area contributed by atoms with Crippen LogP contribution in [0.1, 0.15) is 24.5 Å². The first-order chi connectivity index (χ1) is 7.97. The Kier molecular flexibility index (Phi) is 4.19. The third kappa shape index (κ3) is 3.02. The van der Waals surface area contributed by atoms with Crippen LogP contribution in [0.2, 0.25) is 0 Å². The Balaban J connectivity index is 3.11. The maximum atomic E-state index is 12.6. The molecular formula is C10H11F2NO4. The van der Waals surface area contributed by atoms with Crippen molar-refractivity contribution < 1.29 is 23.4 Å². The lowest BCUT2D eigenvalue weighted by molar-refractivity contribution is -0.142. The second-order valence-electron chi connectivity index (χ2n) is 3.19. The van der Waals surface area contributed by atoms with Crippen molar-refractivity contribution in [1.82, 2.24) is 4.98 Å². The van der Waals surface area contributed by atoms with Crippen LogP contribution in [0.25, 0.3) is 0 Å². The fraction of sp³-hybridized carbons (Fsp3) is 0.400. The summed E-state index contributed by atoms with van der Waals surface area (Å²) in [6, 6.07) is 0. The summed E-state index contributed by atoms with van der Waals surface area (Å²) >= 11 is 0. The summed E-state index contributed by atoms with van der Waals surface area (Å²) in [5, 5.41) is 9.22. The Morgan fingerprint density at radius 2 is 2.24 bits per heavy atom. The Bertz CT molecular complexity index is 470. The molecule has 1 rings (SSSR count). The average molecular weight is 247 g/mol. The van der Waals surface area contributed by atoms with Crippen LogP contribution in [0.15, 0.2) is 11.0 Å². The molecule has 1 aromatic heterocycles. The maximum absolute atomic E-state index is 12.6. The Hall–Kier alpha value is -1.92. The van der Waals surface area contributed by atoms with Gasteiger partial charge in [0.15, 0.2) is 5.75 Å². The minimum Gasteiger partial charge on any atom is -0.503 e. The molecule has 0 amide bonds. The third-order valence-electron chi connectivity index (χ3n) is 2.05. The van der Waals surface area contributed by atoms with Crippen molar-refractivity contribution in [2.24, 2.45) is 0 Å². The number of halogens is 2.